The van der Waals surface area contributed by atoms with Crippen molar-refractivity contribution in [3.8, 4) is 0 Å². The summed E-state index contributed by atoms with van der Waals surface area (Å²) in [4.78, 5) is 5.20. The Labute approximate surface area is 134 Å². The fourth-order valence-corrected chi connectivity index (χ4v) is 3.80. The minimum atomic E-state index is 0.703. The predicted molar refractivity (Wildman–Crippen MR) is 87.8 cm³/mol. The molecule has 0 bridgehead atoms. The van der Waals surface area contributed by atoms with E-state index in [0.717, 1.165) is 45.3 Å². The number of ether oxygens (including phenoxy) is 1. The first-order valence-electron chi connectivity index (χ1n) is 8.81. The van der Waals surface area contributed by atoms with Gasteiger partial charge >= 0.3 is 0 Å². The molecule has 0 aliphatic carbocycles. The van der Waals surface area contributed by atoms with Gasteiger partial charge in [-0.1, -0.05) is 0 Å². The van der Waals surface area contributed by atoms with Crippen molar-refractivity contribution >= 4 is 0 Å². The Morgan fingerprint density at radius 2 is 1.95 bits per heavy atom. The zero-order valence-corrected chi connectivity index (χ0v) is 14.1. The maximum atomic E-state index is 5.47. The van der Waals surface area contributed by atoms with Gasteiger partial charge in [-0.25, -0.2) is 0 Å². The SMILES string of the molecule is CCn1cc(CN2CCC([C@@H](C)N3CCOCC3)CC2)cn1. The molecule has 0 radical (unpaired) electrons. The zero-order chi connectivity index (χ0) is 15.4. The predicted octanol–water partition coefficient (Wildman–Crippen LogP) is 1.84. The van der Waals surface area contributed by atoms with Gasteiger partial charge in [0.05, 0.1) is 19.4 Å². The molecule has 3 rings (SSSR count). The van der Waals surface area contributed by atoms with Gasteiger partial charge in [0, 0.05) is 44.0 Å². The molecule has 2 fully saturated rings. The van der Waals surface area contributed by atoms with Gasteiger partial charge in [-0.15, -0.1) is 0 Å². The van der Waals surface area contributed by atoms with Gasteiger partial charge in [0.1, 0.15) is 0 Å². The fraction of sp³-hybridized carbons (Fsp3) is 0.824. The van der Waals surface area contributed by atoms with Crippen molar-refractivity contribution < 1.29 is 4.74 Å². The maximum Gasteiger partial charge on any atom is 0.0594 e. The Kier molecular flexibility index (Phi) is 5.50. The molecule has 1 aromatic heterocycles. The Bertz CT molecular complexity index is 447. The van der Waals surface area contributed by atoms with Crippen molar-refractivity contribution in [2.45, 2.75) is 45.8 Å². The minimum Gasteiger partial charge on any atom is -0.379 e. The summed E-state index contributed by atoms with van der Waals surface area (Å²) in [5.41, 5.74) is 1.35. The Hall–Kier alpha value is -0.910. The van der Waals surface area contributed by atoms with E-state index in [9.17, 15) is 0 Å². The van der Waals surface area contributed by atoms with Crippen LogP contribution in [0.2, 0.25) is 0 Å². The number of nitrogens with zero attached hydrogens (tertiary/aromatic N) is 4. The van der Waals surface area contributed by atoms with Crippen LogP contribution in [0.5, 0.6) is 0 Å². The molecule has 1 aromatic rings. The summed E-state index contributed by atoms with van der Waals surface area (Å²) in [6.07, 6.45) is 6.84. The smallest absolute Gasteiger partial charge is 0.0594 e. The van der Waals surface area contributed by atoms with Crippen LogP contribution in [0.25, 0.3) is 0 Å². The average molecular weight is 306 g/mol. The molecule has 124 valence electrons. The lowest BCUT2D eigenvalue weighted by atomic mass is 9.89. The van der Waals surface area contributed by atoms with E-state index in [4.69, 9.17) is 4.74 Å². The van der Waals surface area contributed by atoms with E-state index >= 15 is 0 Å². The zero-order valence-electron chi connectivity index (χ0n) is 14.1. The monoisotopic (exact) mass is 306 g/mol. The first-order chi connectivity index (χ1) is 10.8. The highest BCUT2D eigenvalue weighted by Crippen LogP contribution is 2.25. The first-order valence-corrected chi connectivity index (χ1v) is 8.81. The van der Waals surface area contributed by atoms with Crippen molar-refractivity contribution in [3.63, 3.8) is 0 Å². The summed E-state index contributed by atoms with van der Waals surface area (Å²) in [6.45, 7) is 13.0. The number of likely N-dealkylation sites (tertiary alicyclic amines) is 1. The van der Waals surface area contributed by atoms with Gasteiger partial charge in [-0.2, -0.15) is 5.10 Å². The molecule has 1 atom stereocenters. The first kappa shape index (κ1) is 16.0. The number of hydrogen-bond acceptors (Lipinski definition) is 4. The third kappa shape index (κ3) is 3.89. The van der Waals surface area contributed by atoms with Gasteiger partial charge in [0.2, 0.25) is 0 Å². The highest BCUT2D eigenvalue weighted by molar-refractivity contribution is 5.04. The summed E-state index contributed by atoms with van der Waals surface area (Å²) in [7, 11) is 0. The van der Waals surface area contributed by atoms with Crippen LogP contribution in [0.4, 0.5) is 0 Å². The molecule has 3 heterocycles. The second-order valence-electron chi connectivity index (χ2n) is 6.71. The lowest BCUT2D eigenvalue weighted by Gasteiger charge is -2.41. The lowest BCUT2D eigenvalue weighted by molar-refractivity contribution is -0.00192. The second kappa shape index (κ2) is 7.57. The van der Waals surface area contributed by atoms with E-state index in [1.54, 1.807) is 0 Å². The van der Waals surface area contributed by atoms with Crippen LogP contribution in [-0.4, -0.2) is 65.0 Å². The molecule has 5 nitrogen and oxygen atoms in total. The largest absolute Gasteiger partial charge is 0.379 e. The van der Waals surface area contributed by atoms with Crippen LogP contribution in [0.1, 0.15) is 32.3 Å². The molecule has 0 spiro atoms. The Morgan fingerprint density at radius 3 is 2.59 bits per heavy atom. The molecule has 0 unspecified atom stereocenters. The van der Waals surface area contributed by atoms with Crippen molar-refractivity contribution in [2.24, 2.45) is 5.92 Å². The summed E-state index contributed by atoms with van der Waals surface area (Å²) >= 11 is 0. The quantitative estimate of drug-likeness (QED) is 0.831. The maximum absolute atomic E-state index is 5.47. The molecule has 2 aliphatic rings. The van der Waals surface area contributed by atoms with E-state index in [1.165, 1.54) is 31.5 Å². The number of rotatable bonds is 5. The fourth-order valence-electron chi connectivity index (χ4n) is 3.80. The van der Waals surface area contributed by atoms with Crippen LogP contribution in [0, 0.1) is 5.92 Å². The highest BCUT2D eigenvalue weighted by atomic mass is 16.5. The molecule has 0 amide bonds. The number of hydrogen-bond donors (Lipinski definition) is 0. The van der Waals surface area contributed by atoms with Crippen LogP contribution < -0.4 is 0 Å². The Morgan fingerprint density at radius 1 is 1.23 bits per heavy atom. The van der Waals surface area contributed by atoms with Crippen LogP contribution in [0.3, 0.4) is 0 Å². The summed E-state index contributed by atoms with van der Waals surface area (Å²) in [5, 5.41) is 4.38. The molecule has 2 aliphatic heterocycles. The van der Waals surface area contributed by atoms with Crippen LogP contribution in [-0.2, 0) is 17.8 Å². The van der Waals surface area contributed by atoms with E-state index in [0.29, 0.717) is 6.04 Å². The van der Waals surface area contributed by atoms with Gasteiger partial charge < -0.3 is 4.74 Å². The topological polar surface area (TPSA) is 33.5 Å². The molecular formula is C17H30N4O. The number of aryl methyl sites for hydroxylation is 1. The standard InChI is InChI=1S/C17H30N4O/c1-3-21-14-16(12-18-21)13-19-6-4-17(5-7-19)15(2)20-8-10-22-11-9-20/h12,14-15,17H,3-11,13H2,1-2H3/t15-/m1/s1. The molecule has 0 N–H and O–H groups in total. The van der Waals surface area contributed by atoms with Crippen molar-refractivity contribution in [3.05, 3.63) is 18.0 Å². The van der Waals surface area contributed by atoms with Gasteiger partial charge in [-0.3, -0.25) is 14.5 Å². The summed E-state index contributed by atoms with van der Waals surface area (Å²) in [5.74, 6) is 0.840. The highest BCUT2D eigenvalue weighted by Gasteiger charge is 2.28. The second-order valence-corrected chi connectivity index (χ2v) is 6.71. The molecule has 5 heteroatoms. The minimum absolute atomic E-state index is 0.703. The summed E-state index contributed by atoms with van der Waals surface area (Å²) < 4.78 is 7.49. The Balaban J connectivity index is 1.45. The third-order valence-electron chi connectivity index (χ3n) is 5.35. The van der Waals surface area contributed by atoms with E-state index in [-0.39, 0.29) is 0 Å². The summed E-state index contributed by atoms with van der Waals surface area (Å²) in [6, 6.07) is 0.703. The number of piperidine rings is 1. The molecular weight excluding hydrogens is 276 g/mol. The normalized spacial score (nSPS) is 23.7. The van der Waals surface area contributed by atoms with Crippen LogP contribution in [0.15, 0.2) is 12.4 Å². The van der Waals surface area contributed by atoms with Gasteiger partial charge in [0.15, 0.2) is 0 Å². The molecule has 22 heavy (non-hydrogen) atoms. The van der Waals surface area contributed by atoms with Gasteiger partial charge in [0.25, 0.3) is 0 Å². The van der Waals surface area contributed by atoms with Gasteiger partial charge in [-0.05, 0) is 45.7 Å². The van der Waals surface area contributed by atoms with Crippen molar-refractivity contribution in [1.29, 1.82) is 0 Å². The molecule has 2 saturated heterocycles. The third-order valence-corrected chi connectivity index (χ3v) is 5.35. The van der Waals surface area contributed by atoms with E-state index in [2.05, 4.69) is 34.9 Å². The average Bonchev–Trinajstić information content (AvgIpc) is 3.03. The molecule has 0 saturated carbocycles. The number of morpholine rings is 1. The van der Waals surface area contributed by atoms with E-state index in [1.807, 2.05) is 10.9 Å². The van der Waals surface area contributed by atoms with Crippen molar-refractivity contribution in [1.82, 2.24) is 19.6 Å². The number of aromatic nitrogens is 2. The van der Waals surface area contributed by atoms with Crippen molar-refractivity contribution in [2.75, 3.05) is 39.4 Å². The molecule has 0 aromatic carbocycles. The lowest BCUT2D eigenvalue weighted by Crippen LogP contribution is -2.48. The van der Waals surface area contributed by atoms with Crippen LogP contribution >= 0.6 is 0 Å². The van der Waals surface area contributed by atoms with E-state index < -0.39 is 0 Å².